The van der Waals surface area contributed by atoms with Crippen LogP contribution in [-0.2, 0) is 16.6 Å². The quantitative estimate of drug-likeness (QED) is 0.929. The molecule has 1 aliphatic carbocycles. The van der Waals surface area contributed by atoms with Gasteiger partial charge in [-0.25, -0.2) is 8.42 Å². The SMILES string of the molecule is O=S(=O)(c1cccc(CO)c1)N1CCC2CCCCC21. The lowest BCUT2D eigenvalue weighted by Gasteiger charge is -2.31. The van der Waals surface area contributed by atoms with Gasteiger partial charge in [0, 0.05) is 12.6 Å². The number of nitrogens with zero attached hydrogens (tertiary/aromatic N) is 1. The summed E-state index contributed by atoms with van der Waals surface area (Å²) in [5.74, 6) is 0.541. The molecule has 110 valence electrons. The molecule has 0 aromatic heterocycles. The predicted molar refractivity (Wildman–Crippen MR) is 76.6 cm³/mol. The number of benzene rings is 1. The number of sulfonamides is 1. The first-order chi connectivity index (χ1) is 9.63. The Labute approximate surface area is 120 Å². The Kier molecular flexibility index (Phi) is 3.84. The minimum absolute atomic E-state index is 0.130. The van der Waals surface area contributed by atoms with Gasteiger partial charge in [-0.05, 0) is 42.9 Å². The Morgan fingerprint density at radius 2 is 2.00 bits per heavy atom. The van der Waals surface area contributed by atoms with Crippen LogP contribution in [0.1, 0.15) is 37.7 Å². The molecule has 1 N–H and O–H groups in total. The van der Waals surface area contributed by atoms with Crippen molar-refractivity contribution in [1.29, 1.82) is 0 Å². The Balaban J connectivity index is 1.91. The second kappa shape index (κ2) is 5.47. The Bertz CT molecular complexity index is 585. The van der Waals surface area contributed by atoms with E-state index in [1.807, 2.05) is 0 Å². The van der Waals surface area contributed by atoms with Gasteiger partial charge in [0.25, 0.3) is 0 Å². The summed E-state index contributed by atoms with van der Waals surface area (Å²) in [5.41, 5.74) is 0.644. The van der Waals surface area contributed by atoms with E-state index < -0.39 is 10.0 Å². The largest absolute Gasteiger partial charge is 0.392 e. The molecule has 2 atom stereocenters. The van der Waals surface area contributed by atoms with Crippen molar-refractivity contribution in [2.24, 2.45) is 5.92 Å². The van der Waals surface area contributed by atoms with Gasteiger partial charge in [-0.2, -0.15) is 4.31 Å². The first kappa shape index (κ1) is 14.0. The molecule has 1 aliphatic heterocycles. The van der Waals surface area contributed by atoms with Crippen molar-refractivity contribution in [3.8, 4) is 0 Å². The van der Waals surface area contributed by atoms with E-state index in [1.54, 1.807) is 28.6 Å². The van der Waals surface area contributed by atoms with E-state index in [9.17, 15) is 13.5 Å². The molecule has 1 saturated heterocycles. The summed E-state index contributed by atoms with van der Waals surface area (Å²) in [7, 11) is -3.42. The molecule has 5 heteroatoms. The summed E-state index contributed by atoms with van der Waals surface area (Å²) in [6.07, 6.45) is 5.50. The van der Waals surface area contributed by atoms with E-state index in [-0.39, 0.29) is 12.6 Å². The van der Waals surface area contributed by atoms with Crippen molar-refractivity contribution in [3.05, 3.63) is 29.8 Å². The highest BCUT2D eigenvalue weighted by Gasteiger charge is 2.42. The Hall–Kier alpha value is -0.910. The maximum absolute atomic E-state index is 12.8. The zero-order valence-electron chi connectivity index (χ0n) is 11.5. The van der Waals surface area contributed by atoms with Crippen LogP contribution in [0.5, 0.6) is 0 Å². The highest BCUT2D eigenvalue weighted by Crippen LogP contribution is 2.39. The maximum atomic E-state index is 12.8. The van der Waals surface area contributed by atoms with Gasteiger partial charge in [-0.1, -0.05) is 25.0 Å². The standard InChI is InChI=1S/C15H21NO3S/c17-11-12-4-3-6-14(10-12)20(18,19)16-9-8-13-5-1-2-7-15(13)16/h3-4,6,10,13,15,17H,1-2,5,7-9,11H2. The molecule has 1 aromatic rings. The summed E-state index contributed by atoms with van der Waals surface area (Å²) < 4.78 is 27.3. The molecule has 20 heavy (non-hydrogen) atoms. The summed E-state index contributed by atoms with van der Waals surface area (Å²) in [4.78, 5) is 0.315. The van der Waals surface area contributed by atoms with Crippen LogP contribution in [-0.4, -0.2) is 30.4 Å². The second-order valence-electron chi connectivity index (χ2n) is 5.82. The van der Waals surface area contributed by atoms with Crippen molar-refractivity contribution >= 4 is 10.0 Å². The third-order valence-corrected chi connectivity index (χ3v) is 6.57. The van der Waals surface area contributed by atoms with Crippen molar-refractivity contribution in [1.82, 2.24) is 4.31 Å². The minimum Gasteiger partial charge on any atom is -0.392 e. The predicted octanol–water partition coefficient (Wildman–Crippen LogP) is 2.13. The monoisotopic (exact) mass is 295 g/mol. The molecule has 0 radical (unpaired) electrons. The van der Waals surface area contributed by atoms with Crippen LogP contribution in [0.4, 0.5) is 0 Å². The molecule has 2 fully saturated rings. The maximum Gasteiger partial charge on any atom is 0.243 e. The number of hydrogen-bond donors (Lipinski definition) is 1. The number of aliphatic hydroxyl groups excluding tert-OH is 1. The molecule has 0 amide bonds. The molecule has 1 heterocycles. The fourth-order valence-corrected chi connectivity index (χ4v) is 5.40. The number of rotatable bonds is 3. The zero-order chi connectivity index (χ0) is 14.2. The van der Waals surface area contributed by atoms with Gasteiger partial charge in [-0.15, -0.1) is 0 Å². The van der Waals surface area contributed by atoms with Gasteiger partial charge in [0.15, 0.2) is 0 Å². The second-order valence-corrected chi connectivity index (χ2v) is 7.71. The molecule has 0 bridgehead atoms. The zero-order valence-corrected chi connectivity index (χ0v) is 12.3. The lowest BCUT2D eigenvalue weighted by molar-refractivity contribution is 0.260. The number of aliphatic hydroxyl groups is 1. The van der Waals surface area contributed by atoms with E-state index >= 15 is 0 Å². The van der Waals surface area contributed by atoms with Crippen LogP contribution in [0.25, 0.3) is 0 Å². The van der Waals surface area contributed by atoms with E-state index in [4.69, 9.17) is 0 Å². The first-order valence-electron chi connectivity index (χ1n) is 7.34. The smallest absolute Gasteiger partial charge is 0.243 e. The summed E-state index contributed by atoms with van der Waals surface area (Å²) >= 11 is 0. The summed E-state index contributed by atoms with van der Waals surface area (Å²) in [6, 6.07) is 6.85. The number of hydrogen-bond acceptors (Lipinski definition) is 3. The lowest BCUT2D eigenvalue weighted by atomic mass is 9.86. The van der Waals surface area contributed by atoms with Crippen LogP contribution in [0, 0.1) is 5.92 Å². The third kappa shape index (κ3) is 2.38. The molecule has 2 unspecified atom stereocenters. The van der Waals surface area contributed by atoms with Gasteiger partial charge in [0.1, 0.15) is 0 Å². The van der Waals surface area contributed by atoms with Gasteiger partial charge < -0.3 is 5.11 Å². The van der Waals surface area contributed by atoms with Crippen molar-refractivity contribution < 1.29 is 13.5 Å². The molecule has 2 aliphatic rings. The van der Waals surface area contributed by atoms with Crippen molar-refractivity contribution in [2.45, 2.75) is 49.6 Å². The minimum atomic E-state index is -3.42. The van der Waals surface area contributed by atoms with Gasteiger partial charge >= 0.3 is 0 Å². The van der Waals surface area contributed by atoms with Gasteiger partial charge in [0.05, 0.1) is 11.5 Å². The highest BCUT2D eigenvalue weighted by atomic mass is 32.2. The molecule has 1 saturated carbocycles. The van der Waals surface area contributed by atoms with Crippen LogP contribution in [0.15, 0.2) is 29.2 Å². The Morgan fingerprint density at radius 3 is 2.80 bits per heavy atom. The number of fused-ring (bicyclic) bond motifs is 1. The van der Waals surface area contributed by atoms with Crippen molar-refractivity contribution in [2.75, 3.05) is 6.54 Å². The fraction of sp³-hybridized carbons (Fsp3) is 0.600. The third-order valence-electron chi connectivity index (χ3n) is 4.65. The van der Waals surface area contributed by atoms with Gasteiger partial charge in [-0.3, -0.25) is 0 Å². The molecule has 4 nitrogen and oxygen atoms in total. The summed E-state index contributed by atoms with van der Waals surface area (Å²) in [6.45, 7) is 0.510. The topological polar surface area (TPSA) is 57.6 Å². The van der Waals surface area contributed by atoms with Crippen LogP contribution < -0.4 is 0 Å². The van der Waals surface area contributed by atoms with E-state index in [2.05, 4.69) is 0 Å². The normalized spacial score (nSPS) is 27.4. The Morgan fingerprint density at radius 1 is 1.20 bits per heavy atom. The first-order valence-corrected chi connectivity index (χ1v) is 8.78. The van der Waals surface area contributed by atoms with Crippen LogP contribution in [0.3, 0.4) is 0 Å². The van der Waals surface area contributed by atoms with Gasteiger partial charge in [0.2, 0.25) is 10.0 Å². The highest BCUT2D eigenvalue weighted by molar-refractivity contribution is 7.89. The average molecular weight is 295 g/mol. The van der Waals surface area contributed by atoms with E-state index in [0.29, 0.717) is 22.9 Å². The summed E-state index contributed by atoms with van der Waals surface area (Å²) in [5, 5.41) is 9.17. The average Bonchev–Trinajstić information content (AvgIpc) is 2.92. The molecular weight excluding hydrogens is 274 g/mol. The molecular formula is C15H21NO3S. The van der Waals surface area contributed by atoms with E-state index in [0.717, 1.165) is 25.7 Å². The molecule has 1 aromatic carbocycles. The lowest BCUT2D eigenvalue weighted by Crippen LogP contribution is -2.39. The molecule has 0 spiro atoms. The van der Waals surface area contributed by atoms with E-state index in [1.165, 1.54) is 6.42 Å². The molecule has 3 rings (SSSR count). The van der Waals surface area contributed by atoms with Crippen molar-refractivity contribution in [3.63, 3.8) is 0 Å². The van der Waals surface area contributed by atoms with Crippen LogP contribution in [0.2, 0.25) is 0 Å². The fourth-order valence-electron chi connectivity index (χ4n) is 3.60. The van der Waals surface area contributed by atoms with Crippen LogP contribution >= 0.6 is 0 Å².